The van der Waals surface area contributed by atoms with Gasteiger partial charge in [0.25, 0.3) is 0 Å². The Labute approximate surface area is 110 Å². The molecule has 1 aliphatic carbocycles. The van der Waals surface area contributed by atoms with E-state index in [-0.39, 0.29) is 0 Å². The largest absolute Gasteiger partial charge is 0.452 e. The number of nitrogens with one attached hydrogen (secondary N) is 2. The molecule has 19 heavy (non-hydrogen) atoms. The minimum atomic E-state index is -4.09. The lowest BCUT2D eigenvalue weighted by Crippen LogP contribution is -2.44. The smallest absolute Gasteiger partial charge is 0.421 e. The molecule has 0 heterocycles. The van der Waals surface area contributed by atoms with Crippen LogP contribution >= 0.6 is 0 Å². The molecule has 2 atom stereocenters. The van der Waals surface area contributed by atoms with Crippen molar-refractivity contribution in [3.05, 3.63) is 35.4 Å². The third-order valence-electron chi connectivity index (χ3n) is 2.89. The predicted molar refractivity (Wildman–Crippen MR) is 66.5 cm³/mol. The molecule has 0 saturated carbocycles. The van der Waals surface area contributed by atoms with Crippen LogP contribution in [0.4, 0.5) is 4.79 Å². The number of rotatable bonds is 3. The van der Waals surface area contributed by atoms with Gasteiger partial charge in [0.15, 0.2) is 0 Å². The molecular formula is C11H14N2O5S. The Balaban J connectivity index is 2.18. The van der Waals surface area contributed by atoms with E-state index in [2.05, 4.69) is 9.46 Å². The lowest BCUT2D eigenvalue weighted by atomic mass is 10.1. The number of carbonyl (C=O) groups is 1. The average Bonchev–Trinajstić information content (AvgIpc) is 2.65. The molecule has 1 aliphatic rings. The molecule has 1 aromatic carbocycles. The van der Waals surface area contributed by atoms with Crippen LogP contribution in [0.5, 0.6) is 0 Å². The van der Waals surface area contributed by atoms with Crippen molar-refractivity contribution in [3.8, 4) is 0 Å². The normalized spacial score (nSPS) is 21.8. The van der Waals surface area contributed by atoms with E-state index < -0.39 is 28.4 Å². The Kier molecular flexibility index (Phi) is 3.74. The van der Waals surface area contributed by atoms with Gasteiger partial charge in [0, 0.05) is 6.42 Å². The van der Waals surface area contributed by atoms with Crippen LogP contribution in [-0.2, 0) is 21.4 Å². The van der Waals surface area contributed by atoms with Gasteiger partial charge in [0.1, 0.15) is 0 Å². The van der Waals surface area contributed by atoms with Crippen molar-refractivity contribution in [2.45, 2.75) is 18.6 Å². The molecule has 3 N–H and O–H groups in total. The molecule has 0 spiro atoms. The highest BCUT2D eigenvalue weighted by molar-refractivity contribution is 7.88. The highest BCUT2D eigenvalue weighted by Gasteiger charge is 2.34. The number of carbonyl (C=O) groups excluding carboxylic acids is 1. The minimum absolute atomic E-state index is 0.363. The molecule has 1 amide bonds. The van der Waals surface area contributed by atoms with E-state index in [4.69, 9.17) is 0 Å². The molecule has 8 heteroatoms. The zero-order chi connectivity index (χ0) is 14.0. The Morgan fingerprint density at radius 1 is 1.42 bits per heavy atom. The molecule has 0 bridgehead atoms. The molecule has 2 rings (SSSR count). The Hall–Kier alpha value is -1.64. The third-order valence-corrected chi connectivity index (χ3v) is 3.89. The Morgan fingerprint density at radius 3 is 2.79 bits per heavy atom. The molecule has 0 saturated heterocycles. The van der Waals surface area contributed by atoms with Crippen molar-refractivity contribution >= 4 is 16.3 Å². The van der Waals surface area contributed by atoms with E-state index in [1.165, 1.54) is 0 Å². The van der Waals surface area contributed by atoms with Crippen molar-refractivity contribution in [1.29, 1.82) is 0 Å². The summed E-state index contributed by atoms with van der Waals surface area (Å²) in [7, 11) is -3.03. The highest BCUT2D eigenvalue weighted by Crippen LogP contribution is 2.31. The van der Waals surface area contributed by atoms with Gasteiger partial charge < -0.3 is 9.84 Å². The topological polar surface area (TPSA) is 105 Å². The summed E-state index contributed by atoms with van der Waals surface area (Å²) in [6.45, 7) is 0. The first kappa shape index (κ1) is 13.8. The van der Waals surface area contributed by atoms with Crippen LogP contribution in [0.3, 0.4) is 0 Å². The summed E-state index contributed by atoms with van der Waals surface area (Å²) >= 11 is 0. The molecule has 7 nitrogen and oxygen atoms in total. The van der Waals surface area contributed by atoms with Gasteiger partial charge in [-0.25, -0.2) is 9.52 Å². The number of ether oxygens (including phenoxy) is 1. The third kappa shape index (κ3) is 3.03. The van der Waals surface area contributed by atoms with E-state index >= 15 is 0 Å². The summed E-state index contributed by atoms with van der Waals surface area (Å²) < 4.78 is 31.5. The maximum atomic E-state index is 11.7. The quantitative estimate of drug-likeness (QED) is 0.716. The number of aliphatic hydroxyl groups excluding tert-OH is 1. The molecule has 1 aromatic rings. The zero-order valence-corrected chi connectivity index (χ0v) is 11.0. The van der Waals surface area contributed by atoms with Crippen LogP contribution in [0.1, 0.15) is 17.2 Å². The predicted octanol–water partition coefficient (Wildman–Crippen LogP) is -0.165. The number of hydrogen-bond donors (Lipinski definition) is 3. The molecule has 2 unspecified atom stereocenters. The van der Waals surface area contributed by atoms with Crippen molar-refractivity contribution in [3.63, 3.8) is 0 Å². The standard InChI is InChI=1S/C11H14N2O5S/c1-18-11(15)13-19(16,17)12-10-8-5-3-2-4-7(8)6-9(10)14/h2-5,9-10,12,14H,6H2,1H3,(H,13,15). The van der Waals surface area contributed by atoms with Gasteiger partial charge >= 0.3 is 16.3 Å². The molecule has 0 radical (unpaired) electrons. The fraction of sp³-hybridized carbons (Fsp3) is 0.364. The molecule has 0 aromatic heterocycles. The lowest BCUT2D eigenvalue weighted by molar-refractivity contribution is 0.151. The van der Waals surface area contributed by atoms with Gasteiger partial charge in [0.05, 0.1) is 19.3 Å². The fourth-order valence-corrected chi connectivity index (χ4v) is 3.04. The van der Waals surface area contributed by atoms with Gasteiger partial charge in [0.2, 0.25) is 0 Å². The number of amides is 1. The lowest BCUT2D eigenvalue weighted by Gasteiger charge is -2.17. The molecule has 0 fully saturated rings. The van der Waals surface area contributed by atoms with Gasteiger partial charge in [-0.1, -0.05) is 24.3 Å². The second-order valence-electron chi connectivity index (χ2n) is 4.16. The van der Waals surface area contributed by atoms with E-state index in [1.807, 2.05) is 12.1 Å². The molecule has 104 valence electrons. The average molecular weight is 286 g/mol. The number of benzene rings is 1. The van der Waals surface area contributed by atoms with Crippen LogP contribution in [-0.4, -0.2) is 32.8 Å². The van der Waals surface area contributed by atoms with Crippen molar-refractivity contribution in [2.24, 2.45) is 0 Å². The second kappa shape index (κ2) is 5.16. The van der Waals surface area contributed by atoms with Gasteiger partial charge in [-0.3, -0.25) is 0 Å². The van der Waals surface area contributed by atoms with Crippen LogP contribution < -0.4 is 9.44 Å². The number of aliphatic hydroxyl groups is 1. The summed E-state index contributed by atoms with van der Waals surface area (Å²) in [6, 6.07) is 6.34. The van der Waals surface area contributed by atoms with E-state index in [9.17, 15) is 18.3 Å². The van der Waals surface area contributed by atoms with Gasteiger partial charge in [-0.15, -0.1) is 0 Å². The summed E-state index contributed by atoms with van der Waals surface area (Å²) in [6.07, 6.45) is -1.60. The van der Waals surface area contributed by atoms with E-state index in [0.29, 0.717) is 12.0 Å². The van der Waals surface area contributed by atoms with Crippen LogP contribution in [0.25, 0.3) is 0 Å². The number of methoxy groups -OCH3 is 1. The highest BCUT2D eigenvalue weighted by atomic mass is 32.2. The zero-order valence-electron chi connectivity index (χ0n) is 10.2. The first-order valence-electron chi connectivity index (χ1n) is 5.57. The van der Waals surface area contributed by atoms with Crippen molar-refractivity contribution in [1.82, 2.24) is 9.44 Å². The SMILES string of the molecule is COC(=O)NS(=O)(=O)NC1c2ccccc2CC1O. The molecule has 0 aliphatic heterocycles. The van der Waals surface area contributed by atoms with E-state index in [1.54, 1.807) is 16.9 Å². The Morgan fingerprint density at radius 2 is 2.11 bits per heavy atom. The first-order chi connectivity index (χ1) is 8.93. The van der Waals surface area contributed by atoms with Crippen LogP contribution in [0, 0.1) is 0 Å². The second-order valence-corrected chi connectivity index (χ2v) is 5.61. The number of hydrogen-bond acceptors (Lipinski definition) is 5. The van der Waals surface area contributed by atoms with E-state index in [0.717, 1.165) is 12.7 Å². The maximum absolute atomic E-state index is 11.7. The van der Waals surface area contributed by atoms with Gasteiger partial charge in [-0.2, -0.15) is 13.1 Å². The minimum Gasteiger partial charge on any atom is -0.452 e. The van der Waals surface area contributed by atoms with Crippen LogP contribution in [0.15, 0.2) is 24.3 Å². The summed E-state index contributed by atoms with van der Waals surface area (Å²) in [5.41, 5.74) is 1.58. The van der Waals surface area contributed by atoms with Crippen molar-refractivity contribution < 1.29 is 23.1 Å². The summed E-state index contributed by atoms with van der Waals surface area (Å²) in [5.74, 6) is 0. The van der Waals surface area contributed by atoms with Crippen LogP contribution in [0.2, 0.25) is 0 Å². The molecular weight excluding hydrogens is 272 g/mol. The van der Waals surface area contributed by atoms with Gasteiger partial charge in [-0.05, 0) is 11.1 Å². The first-order valence-corrected chi connectivity index (χ1v) is 7.05. The Bertz CT molecular complexity index is 587. The summed E-state index contributed by atoms with van der Waals surface area (Å²) in [4.78, 5) is 10.9. The maximum Gasteiger partial charge on any atom is 0.421 e. The monoisotopic (exact) mass is 286 g/mol. The summed E-state index contributed by atoms with van der Waals surface area (Å²) in [5, 5.41) is 9.89. The number of fused-ring (bicyclic) bond motifs is 1. The van der Waals surface area contributed by atoms with Crippen molar-refractivity contribution in [2.75, 3.05) is 7.11 Å². The fourth-order valence-electron chi connectivity index (χ4n) is 2.06.